The molecule has 0 saturated carbocycles. The largest absolute Gasteiger partial charge is 0.358 e. The fourth-order valence-electron chi connectivity index (χ4n) is 3.36. The van der Waals surface area contributed by atoms with Crippen molar-refractivity contribution in [3.63, 3.8) is 0 Å². The zero-order valence-corrected chi connectivity index (χ0v) is 14.6. The van der Waals surface area contributed by atoms with Gasteiger partial charge in [-0.25, -0.2) is 4.79 Å². The molecule has 1 aromatic carbocycles. The Morgan fingerprint density at radius 3 is 2.76 bits per heavy atom. The van der Waals surface area contributed by atoms with Crippen molar-refractivity contribution >= 4 is 17.8 Å². The van der Waals surface area contributed by atoms with Gasteiger partial charge in [-0.2, -0.15) is 0 Å². The third-order valence-corrected chi connectivity index (χ3v) is 4.60. The van der Waals surface area contributed by atoms with Crippen molar-refractivity contribution in [1.29, 1.82) is 0 Å². The molecule has 0 unspecified atom stereocenters. The molecule has 2 N–H and O–H groups in total. The molecule has 2 heterocycles. The molecule has 2 aliphatic rings. The van der Waals surface area contributed by atoms with Crippen LogP contribution < -0.4 is 10.6 Å². The predicted octanol–water partition coefficient (Wildman–Crippen LogP) is 0.924. The molecule has 0 aliphatic carbocycles. The van der Waals surface area contributed by atoms with E-state index in [1.807, 2.05) is 38.1 Å². The van der Waals surface area contributed by atoms with E-state index in [9.17, 15) is 14.4 Å². The second-order valence-corrected chi connectivity index (χ2v) is 6.24. The van der Waals surface area contributed by atoms with Crippen LogP contribution in [-0.2, 0) is 9.59 Å². The lowest BCUT2D eigenvalue weighted by Crippen LogP contribution is -2.47. The van der Waals surface area contributed by atoms with Crippen LogP contribution in [0, 0.1) is 6.92 Å². The third kappa shape index (κ3) is 2.97. The molecule has 2 aliphatic heterocycles. The first-order chi connectivity index (χ1) is 12.0. The number of hydrogen-bond acceptors (Lipinski definition) is 3. The molecule has 0 saturated heterocycles. The van der Waals surface area contributed by atoms with Crippen LogP contribution in [0.3, 0.4) is 0 Å². The van der Waals surface area contributed by atoms with Crippen molar-refractivity contribution in [3.05, 3.63) is 46.7 Å². The van der Waals surface area contributed by atoms with E-state index in [1.54, 1.807) is 4.90 Å². The number of nitrogens with zero attached hydrogens (tertiary/aromatic N) is 2. The van der Waals surface area contributed by atoms with E-state index in [0.717, 1.165) is 11.1 Å². The number of likely N-dealkylation sites (N-methyl/N-ethyl adjacent to an activating group) is 2. The number of benzene rings is 1. The molecule has 132 valence electrons. The first-order valence-corrected chi connectivity index (χ1v) is 8.33. The van der Waals surface area contributed by atoms with Gasteiger partial charge in [0.2, 0.25) is 5.91 Å². The summed E-state index contributed by atoms with van der Waals surface area (Å²) < 4.78 is 0. The average molecular weight is 342 g/mol. The average Bonchev–Trinajstić information content (AvgIpc) is 2.90. The van der Waals surface area contributed by atoms with Crippen molar-refractivity contribution in [2.45, 2.75) is 19.9 Å². The lowest BCUT2D eigenvalue weighted by molar-refractivity contribution is -0.131. The molecule has 3 rings (SSSR count). The van der Waals surface area contributed by atoms with Crippen LogP contribution in [0.25, 0.3) is 0 Å². The highest BCUT2D eigenvalue weighted by molar-refractivity contribution is 6.02. The van der Waals surface area contributed by atoms with Gasteiger partial charge in [-0.3, -0.25) is 14.5 Å². The minimum atomic E-state index is -0.493. The van der Waals surface area contributed by atoms with Crippen molar-refractivity contribution < 1.29 is 14.4 Å². The lowest BCUT2D eigenvalue weighted by Gasteiger charge is -2.33. The highest BCUT2D eigenvalue weighted by Crippen LogP contribution is 2.36. The lowest BCUT2D eigenvalue weighted by atomic mass is 9.94. The first-order valence-electron chi connectivity index (χ1n) is 8.33. The van der Waals surface area contributed by atoms with Crippen LogP contribution in [-0.4, -0.2) is 54.3 Å². The quantitative estimate of drug-likeness (QED) is 0.854. The summed E-state index contributed by atoms with van der Waals surface area (Å²) in [6.07, 6.45) is 0. The summed E-state index contributed by atoms with van der Waals surface area (Å²) in [5, 5.41) is 5.46. The second-order valence-electron chi connectivity index (χ2n) is 6.24. The van der Waals surface area contributed by atoms with Gasteiger partial charge < -0.3 is 15.5 Å². The maximum atomic E-state index is 12.9. The number of nitrogens with one attached hydrogen (secondary N) is 2. The molecule has 0 bridgehead atoms. The number of urea groups is 1. The van der Waals surface area contributed by atoms with Crippen LogP contribution in [0.5, 0.6) is 0 Å². The van der Waals surface area contributed by atoms with Crippen molar-refractivity contribution in [1.82, 2.24) is 20.4 Å². The fourth-order valence-corrected chi connectivity index (χ4v) is 3.36. The van der Waals surface area contributed by atoms with Gasteiger partial charge in [0.15, 0.2) is 0 Å². The fraction of sp³-hybridized carbons (Fsp3) is 0.389. The summed E-state index contributed by atoms with van der Waals surface area (Å²) in [6, 6.07) is 7.03. The normalized spacial score (nSPS) is 19.9. The van der Waals surface area contributed by atoms with E-state index in [0.29, 0.717) is 17.8 Å². The molecule has 1 atom stereocenters. The Kier molecular flexibility index (Phi) is 4.48. The number of aryl methyl sites for hydroxylation is 1. The Labute approximate surface area is 146 Å². The monoisotopic (exact) mass is 342 g/mol. The van der Waals surface area contributed by atoms with E-state index in [4.69, 9.17) is 0 Å². The Hall–Kier alpha value is -2.83. The summed E-state index contributed by atoms with van der Waals surface area (Å²) in [4.78, 5) is 40.2. The molecule has 0 aromatic heterocycles. The molecule has 0 fully saturated rings. The van der Waals surface area contributed by atoms with Gasteiger partial charge >= 0.3 is 6.03 Å². The van der Waals surface area contributed by atoms with E-state index in [1.165, 1.54) is 11.9 Å². The SMILES string of the molecule is CCN1C(=O)N[C@@H](c2cccc(C)c2)C2=C1CN(CC(=O)NC)C2=O. The van der Waals surface area contributed by atoms with Gasteiger partial charge in [0.05, 0.1) is 23.9 Å². The van der Waals surface area contributed by atoms with Gasteiger partial charge in [-0.1, -0.05) is 29.8 Å². The van der Waals surface area contributed by atoms with Gasteiger partial charge in [-0.15, -0.1) is 0 Å². The third-order valence-electron chi connectivity index (χ3n) is 4.60. The molecule has 25 heavy (non-hydrogen) atoms. The number of carbonyl (C=O) groups excluding carboxylic acids is 3. The number of hydrogen-bond donors (Lipinski definition) is 2. The number of rotatable bonds is 4. The van der Waals surface area contributed by atoms with Gasteiger partial charge in [0.25, 0.3) is 5.91 Å². The molecular weight excluding hydrogens is 320 g/mol. The molecule has 7 nitrogen and oxygen atoms in total. The van der Waals surface area contributed by atoms with E-state index in [2.05, 4.69) is 10.6 Å². The maximum Gasteiger partial charge on any atom is 0.322 e. The molecule has 0 radical (unpaired) electrons. The molecule has 4 amide bonds. The zero-order chi connectivity index (χ0) is 18.1. The summed E-state index contributed by atoms with van der Waals surface area (Å²) in [7, 11) is 1.54. The van der Waals surface area contributed by atoms with Crippen molar-refractivity contribution in [2.24, 2.45) is 0 Å². The molecule has 1 aromatic rings. The van der Waals surface area contributed by atoms with E-state index >= 15 is 0 Å². The molecule has 7 heteroatoms. The summed E-state index contributed by atoms with van der Waals surface area (Å²) in [5.74, 6) is -0.439. The Morgan fingerprint density at radius 2 is 2.12 bits per heavy atom. The summed E-state index contributed by atoms with van der Waals surface area (Å²) in [5.41, 5.74) is 3.16. The highest BCUT2D eigenvalue weighted by atomic mass is 16.2. The first kappa shape index (κ1) is 17.0. The van der Waals surface area contributed by atoms with Crippen molar-refractivity contribution in [3.8, 4) is 0 Å². The summed E-state index contributed by atoms with van der Waals surface area (Å²) in [6.45, 7) is 4.55. The van der Waals surface area contributed by atoms with Crippen LogP contribution in [0.1, 0.15) is 24.1 Å². The zero-order valence-electron chi connectivity index (χ0n) is 14.6. The molecular formula is C18H22N4O3. The Bertz CT molecular complexity index is 771. The van der Waals surface area contributed by atoms with Gasteiger partial charge in [0.1, 0.15) is 6.54 Å². The smallest absolute Gasteiger partial charge is 0.322 e. The molecule has 0 spiro atoms. The van der Waals surface area contributed by atoms with E-state index in [-0.39, 0.29) is 30.9 Å². The second kappa shape index (κ2) is 6.58. The maximum absolute atomic E-state index is 12.9. The number of carbonyl (C=O) groups is 3. The Morgan fingerprint density at radius 1 is 1.36 bits per heavy atom. The van der Waals surface area contributed by atoms with Crippen molar-refractivity contribution in [2.75, 3.05) is 26.7 Å². The standard InChI is InChI=1S/C18H22N4O3/c1-4-22-13-9-21(10-14(23)19-3)17(24)15(13)16(20-18(22)25)12-7-5-6-11(2)8-12/h5-8,16H,4,9-10H2,1-3H3,(H,19,23)(H,20,25)/t16-/m0/s1. The minimum Gasteiger partial charge on any atom is -0.358 e. The Balaban J connectivity index is 2.01. The van der Waals surface area contributed by atoms with E-state index < -0.39 is 6.04 Å². The topological polar surface area (TPSA) is 81.8 Å². The van der Waals surface area contributed by atoms with Crippen LogP contribution in [0.15, 0.2) is 35.5 Å². The highest BCUT2D eigenvalue weighted by Gasteiger charge is 2.43. The van der Waals surface area contributed by atoms with Crippen LogP contribution in [0.2, 0.25) is 0 Å². The van der Waals surface area contributed by atoms with Crippen LogP contribution >= 0.6 is 0 Å². The van der Waals surface area contributed by atoms with Gasteiger partial charge in [-0.05, 0) is 19.4 Å². The van der Waals surface area contributed by atoms with Gasteiger partial charge in [0, 0.05) is 13.6 Å². The minimum absolute atomic E-state index is 0.0192. The van der Waals surface area contributed by atoms with Crippen LogP contribution in [0.4, 0.5) is 4.79 Å². The number of amides is 4. The summed E-state index contributed by atoms with van der Waals surface area (Å²) >= 11 is 0. The predicted molar refractivity (Wildman–Crippen MR) is 92.5 cm³/mol.